The molecular weight excluding hydrogens is 260 g/mol. The summed E-state index contributed by atoms with van der Waals surface area (Å²) in [5.74, 6) is 1.20. The molecule has 0 radical (unpaired) electrons. The van der Waals surface area contributed by atoms with Gasteiger partial charge in [-0.05, 0) is 25.2 Å². The van der Waals surface area contributed by atoms with Crippen LogP contribution >= 0.6 is 0 Å². The van der Waals surface area contributed by atoms with Gasteiger partial charge in [0.25, 0.3) is 5.56 Å². The molecule has 0 aliphatic carbocycles. The fourth-order valence-corrected chi connectivity index (χ4v) is 2.36. The van der Waals surface area contributed by atoms with Crippen LogP contribution in [0.1, 0.15) is 96.9 Å². The van der Waals surface area contributed by atoms with E-state index in [1.165, 1.54) is 6.42 Å². The van der Waals surface area contributed by atoms with Gasteiger partial charge < -0.3 is 4.98 Å². The summed E-state index contributed by atoms with van der Waals surface area (Å²) in [6.45, 7) is 10.7. The SMILES string of the molecule is CCC.CCCCc1ncc(C(CCC)CCC)c(=O)[nH]1. The number of H-pyrrole nitrogens is 1. The molecule has 0 spiro atoms. The van der Waals surface area contributed by atoms with Crippen molar-refractivity contribution in [2.45, 2.75) is 91.9 Å². The monoisotopic (exact) mass is 294 g/mol. The molecule has 122 valence electrons. The van der Waals surface area contributed by atoms with E-state index in [9.17, 15) is 4.79 Å². The highest BCUT2D eigenvalue weighted by atomic mass is 16.1. The summed E-state index contributed by atoms with van der Waals surface area (Å²) in [4.78, 5) is 19.4. The Morgan fingerprint density at radius 2 is 1.62 bits per heavy atom. The second kappa shape index (κ2) is 12.6. The van der Waals surface area contributed by atoms with E-state index in [1.54, 1.807) is 6.20 Å². The van der Waals surface area contributed by atoms with Gasteiger partial charge in [0.1, 0.15) is 5.82 Å². The minimum Gasteiger partial charge on any atom is -0.310 e. The fraction of sp³-hybridized carbons (Fsp3) is 0.778. The van der Waals surface area contributed by atoms with Gasteiger partial charge in [0, 0.05) is 18.2 Å². The lowest BCUT2D eigenvalue weighted by Crippen LogP contribution is -2.19. The summed E-state index contributed by atoms with van der Waals surface area (Å²) in [7, 11) is 0. The minimum absolute atomic E-state index is 0.0722. The Labute approximate surface area is 130 Å². The van der Waals surface area contributed by atoms with E-state index >= 15 is 0 Å². The summed E-state index contributed by atoms with van der Waals surface area (Å²) in [6.07, 6.45) is 10.5. The lowest BCUT2D eigenvalue weighted by atomic mass is 9.92. The zero-order valence-electron chi connectivity index (χ0n) is 14.7. The summed E-state index contributed by atoms with van der Waals surface area (Å²) in [5, 5.41) is 0. The predicted octanol–water partition coefficient (Wildman–Crippen LogP) is 5.21. The molecule has 1 aromatic heterocycles. The Morgan fingerprint density at radius 1 is 1.05 bits per heavy atom. The molecule has 0 aromatic carbocycles. The number of aromatic amines is 1. The van der Waals surface area contributed by atoms with Gasteiger partial charge in [0.05, 0.1) is 0 Å². The number of hydrogen-bond donors (Lipinski definition) is 1. The first kappa shape index (κ1) is 19.9. The first-order valence-electron chi connectivity index (χ1n) is 8.72. The van der Waals surface area contributed by atoms with E-state index in [-0.39, 0.29) is 5.56 Å². The lowest BCUT2D eigenvalue weighted by molar-refractivity contribution is 0.552. The van der Waals surface area contributed by atoms with E-state index in [0.29, 0.717) is 5.92 Å². The average Bonchev–Trinajstić information content (AvgIpc) is 2.46. The van der Waals surface area contributed by atoms with Crippen LogP contribution in [0.4, 0.5) is 0 Å². The van der Waals surface area contributed by atoms with E-state index < -0.39 is 0 Å². The first-order chi connectivity index (χ1) is 10.1. The van der Waals surface area contributed by atoms with Crippen molar-refractivity contribution < 1.29 is 0 Å². The molecule has 0 saturated carbocycles. The van der Waals surface area contributed by atoms with Crippen LogP contribution in [0.15, 0.2) is 11.0 Å². The highest BCUT2D eigenvalue weighted by Gasteiger charge is 2.14. The number of hydrogen-bond acceptors (Lipinski definition) is 2. The highest BCUT2D eigenvalue weighted by Crippen LogP contribution is 2.23. The largest absolute Gasteiger partial charge is 0.310 e. The van der Waals surface area contributed by atoms with Gasteiger partial charge in [-0.3, -0.25) is 4.79 Å². The first-order valence-corrected chi connectivity index (χ1v) is 8.72. The van der Waals surface area contributed by atoms with Gasteiger partial charge >= 0.3 is 0 Å². The van der Waals surface area contributed by atoms with Crippen molar-refractivity contribution in [3.63, 3.8) is 0 Å². The van der Waals surface area contributed by atoms with Crippen LogP contribution in [-0.2, 0) is 6.42 Å². The molecule has 1 N–H and O–H groups in total. The fourth-order valence-electron chi connectivity index (χ4n) is 2.36. The highest BCUT2D eigenvalue weighted by molar-refractivity contribution is 5.12. The molecule has 3 nitrogen and oxygen atoms in total. The number of aromatic nitrogens is 2. The number of nitrogens with one attached hydrogen (secondary N) is 1. The molecule has 0 atom stereocenters. The maximum absolute atomic E-state index is 12.1. The van der Waals surface area contributed by atoms with Gasteiger partial charge in [0.2, 0.25) is 0 Å². The quantitative estimate of drug-likeness (QED) is 0.715. The molecule has 21 heavy (non-hydrogen) atoms. The van der Waals surface area contributed by atoms with Crippen LogP contribution in [0.2, 0.25) is 0 Å². The van der Waals surface area contributed by atoms with Gasteiger partial charge in [0.15, 0.2) is 0 Å². The zero-order valence-corrected chi connectivity index (χ0v) is 14.7. The van der Waals surface area contributed by atoms with E-state index in [2.05, 4.69) is 44.6 Å². The van der Waals surface area contributed by atoms with Crippen LogP contribution < -0.4 is 5.56 Å². The zero-order chi connectivity index (χ0) is 16.1. The average molecular weight is 294 g/mol. The van der Waals surface area contributed by atoms with Crippen LogP contribution in [0, 0.1) is 0 Å². The third-order valence-electron chi connectivity index (χ3n) is 3.36. The van der Waals surface area contributed by atoms with Crippen molar-refractivity contribution in [2.75, 3.05) is 0 Å². The van der Waals surface area contributed by atoms with Crippen molar-refractivity contribution in [2.24, 2.45) is 0 Å². The lowest BCUT2D eigenvalue weighted by Gasteiger charge is -2.14. The molecule has 0 saturated heterocycles. The summed E-state index contributed by atoms with van der Waals surface area (Å²) >= 11 is 0. The molecule has 1 rings (SSSR count). The number of rotatable bonds is 8. The van der Waals surface area contributed by atoms with Crippen LogP contribution in [0.5, 0.6) is 0 Å². The molecule has 0 aliphatic rings. The smallest absolute Gasteiger partial charge is 0.254 e. The second-order valence-corrected chi connectivity index (χ2v) is 5.70. The molecule has 0 fully saturated rings. The number of nitrogens with zero attached hydrogens (tertiary/aromatic N) is 1. The topological polar surface area (TPSA) is 45.8 Å². The number of unbranched alkanes of at least 4 members (excludes halogenated alkanes) is 1. The van der Waals surface area contributed by atoms with Crippen molar-refractivity contribution in [3.8, 4) is 0 Å². The van der Waals surface area contributed by atoms with Crippen molar-refractivity contribution in [1.29, 1.82) is 0 Å². The predicted molar refractivity (Wildman–Crippen MR) is 92.0 cm³/mol. The Morgan fingerprint density at radius 3 is 2.05 bits per heavy atom. The third kappa shape index (κ3) is 8.03. The van der Waals surface area contributed by atoms with Crippen molar-refractivity contribution in [3.05, 3.63) is 27.9 Å². The maximum Gasteiger partial charge on any atom is 0.254 e. The normalized spacial score (nSPS) is 10.4. The molecule has 0 aliphatic heterocycles. The molecule has 0 amide bonds. The Hall–Kier alpha value is -1.12. The minimum atomic E-state index is 0.0722. The summed E-state index contributed by atoms with van der Waals surface area (Å²) in [5.41, 5.74) is 0.946. The Kier molecular flexibility index (Phi) is 11.9. The molecule has 0 bridgehead atoms. The molecule has 1 heterocycles. The Bertz CT molecular complexity index is 406. The van der Waals surface area contributed by atoms with Crippen LogP contribution in [0.3, 0.4) is 0 Å². The van der Waals surface area contributed by atoms with E-state index in [0.717, 1.165) is 56.3 Å². The van der Waals surface area contributed by atoms with Crippen LogP contribution in [-0.4, -0.2) is 9.97 Å². The summed E-state index contributed by atoms with van der Waals surface area (Å²) < 4.78 is 0. The van der Waals surface area contributed by atoms with Gasteiger partial charge in [-0.25, -0.2) is 4.98 Å². The standard InChI is InChI=1S/C15H26N2O.C3H8/c1-4-7-10-14-16-11-13(15(18)17-14)12(8-5-2)9-6-3;1-3-2/h11-12H,4-10H2,1-3H3,(H,16,17,18);3H2,1-2H3. The third-order valence-corrected chi connectivity index (χ3v) is 3.36. The Balaban J connectivity index is 0.00000122. The van der Waals surface area contributed by atoms with Crippen molar-refractivity contribution >= 4 is 0 Å². The summed E-state index contributed by atoms with van der Waals surface area (Å²) in [6, 6.07) is 0. The van der Waals surface area contributed by atoms with E-state index in [1.807, 2.05) is 0 Å². The van der Waals surface area contributed by atoms with Crippen molar-refractivity contribution in [1.82, 2.24) is 9.97 Å². The molecule has 1 aromatic rings. The maximum atomic E-state index is 12.1. The van der Waals surface area contributed by atoms with Gasteiger partial charge in [-0.1, -0.05) is 60.3 Å². The van der Waals surface area contributed by atoms with Gasteiger partial charge in [-0.2, -0.15) is 0 Å². The molecule has 3 heteroatoms. The second-order valence-electron chi connectivity index (χ2n) is 5.70. The van der Waals surface area contributed by atoms with E-state index in [4.69, 9.17) is 0 Å². The van der Waals surface area contributed by atoms with Gasteiger partial charge in [-0.15, -0.1) is 0 Å². The number of aryl methyl sites for hydroxylation is 1. The molecular formula is C18H34N2O. The molecule has 0 unspecified atom stereocenters. The van der Waals surface area contributed by atoms with Crippen LogP contribution in [0.25, 0.3) is 0 Å².